The summed E-state index contributed by atoms with van der Waals surface area (Å²) in [7, 11) is 0. The SMILES string of the molecule is CC(C)(C)COC(=O)CC(C(=O)OCC(C)(C)C)C1c2ccccc2-c2ccccc21. The Hall–Kier alpha value is -2.62. The second-order valence-corrected chi connectivity index (χ2v) is 10.9. The van der Waals surface area contributed by atoms with Crippen LogP contribution in [0.1, 0.15) is 65.0 Å². The molecule has 166 valence electrons. The van der Waals surface area contributed by atoms with Gasteiger partial charge in [-0.1, -0.05) is 90.1 Å². The molecule has 4 nitrogen and oxygen atoms in total. The lowest BCUT2D eigenvalue weighted by atomic mass is 9.82. The molecule has 0 heterocycles. The lowest BCUT2D eigenvalue weighted by Crippen LogP contribution is -2.31. The fourth-order valence-electron chi connectivity index (χ4n) is 3.90. The number of hydrogen-bond donors (Lipinski definition) is 0. The standard InChI is InChI=1S/C27H34O4/c1-26(2,3)16-30-23(28)15-22(25(29)31-17-27(4,5)6)24-20-13-9-7-11-18(20)19-12-8-10-14-21(19)24/h7-14,22,24H,15-17H2,1-6H3. The van der Waals surface area contributed by atoms with Gasteiger partial charge in [0.1, 0.15) is 0 Å². The summed E-state index contributed by atoms with van der Waals surface area (Å²) in [5.74, 6) is -1.59. The molecular weight excluding hydrogens is 388 g/mol. The smallest absolute Gasteiger partial charge is 0.310 e. The highest BCUT2D eigenvalue weighted by Crippen LogP contribution is 2.49. The fraction of sp³-hybridized carbons (Fsp3) is 0.481. The zero-order valence-electron chi connectivity index (χ0n) is 19.5. The van der Waals surface area contributed by atoms with Crippen molar-refractivity contribution in [2.75, 3.05) is 13.2 Å². The molecule has 0 aromatic heterocycles. The molecule has 31 heavy (non-hydrogen) atoms. The predicted molar refractivity (Wildman–Crippen MR) is 123 cm³/mol. The third kappa shape index (κ3) is 5.75. The Morgan fingerprint density at radius 3 is 1.71 bits per heavy atom. The van der Waals surface area contributed by atoms with Crippen LogP contribution in [0.4, 0.5) is 0 Å². The number of esters is 2. The van der Waals surface area contributed by atoms with Crippen molar-refractivity contribution >= 4 is 11.9 Å². The first-order valence-electron chi connectivity index (χ1n) is 11.0. The van der Waals surface area contributed by atoms with Crippen LogP contribution in [0, 0.1) is 16.7 Å². The summed E-state index contributed by atoms with van der Waals surface area (Å²) in [5.41, 5.74) is 4.05. The Balaban J connectivity index is 1.94. The molecule has 4 heteroatoms. The number of benzene rings is 2. The van der Waals surface area contributed by atoms with Gasteiger partial charge in [-0.3, -0.25) is 9.59 Å². The van der Waals surface area contributed by atoms with Crippen LogP contribution in [0.3, 0.4) is 0 Å². The van der Waals surface area contributed by atoms with Gasteiger partial charge in [-0.15, -0.1) is 0 Å². The molecule has 0 N–H and O–H groups in total. The van der Waals surface area contributed by atoms with E-state index in [-0.39, 0.29) is 35.1 Å². The van der Waals surface area contributed by atoms with Gasteiger partial charge in [0.15, 0.2) is 0 Å². The van der Waals surface area contributed by atoms with Gasteiger partial charge in [0.25, 0.3) is 0 Å². The minimum Gasteiger partial charge on any atom is -0.465 e. The summed E-state index contributed by atoms with van der Waals surface area (Å²) >= 11 is 0. The number of rotatable bonds is 6. The van der Waals surface area contributed by atoms with E-state index in [0.29, 0.717) is 13.2 Å². The third-order valence-electron chi connectivity index (χ3n) is 5.29. The summed E-state index contributed by atoms with van der Waals surface area (Å²) in [6, 6.07) is 16.2. The second kappa shape index (κ2) is 8.86. The Morgan fingerprint density at radius 2 is 1.23 bits per heavy atom. The number of ether oxygens (including phenoxy) is 2. The molecule has 0 fully saturated rings. The number of carbonyl (C=O) groups excluding carboxylic acids is 2. The summed E-state index contributed by atoms with van der Waals surface area (Å²) < 4.78 is 11.2. The molecule has 0 aliphatic heterocycles. The minimum absolute atomic E-state index is 0.00755. The van der Waals surface area contributed by atoms with Crippen molar-refractivity contribution in [3.05, 3.63) is 59.7 Å². The van der Waals surface area contributed by atoms with Gasteiger partial charge in [0.05, 0.1) is 25.6 Å². The molecule has 1 aliphatic rings. The Bertz CT molecular complexity index is 901. The van der Waals surface area contributed by atoms with Crippen molar-refractivity contribution in [3.8, 4) is 11.1 Å². The Morgan fingerprint density at radius 1 is 0.774 bits per heavy atom. The molecule has 0 spiro atoms. The van der Waals surface area contributed by atoms with Gasteiger partial charge in [-0.25, -0.2) is 0 Å². The minimum atomic E-state index is -0.639. The number of carbonyl (C=O) groups is 2. The monoisotopic (exact) mass is 422 g/mol. The topological polar surface area (TPSA) is 52.6 Å². The van der Waals surface area contributed by atoms with Crippen LogP contribution in [0.15, 0.2) is 48.5 Å². The van der Waals surface area contributed by atoms with Crippen LogP contribution < -0.4 is 0 Å². The second-order valence-electron chi connectivity index (χ2n) is 10.9. The average molecular weight is 423 g/mol. The molecule has 0 saturated carbocycles. The van der Waals surface area contributed by atoms with Crippen LogP contribution in [0.2, 0.25) is 0 Å². The van der Waals surface area contributed by atoms with Crippen molar-refractivity contribution < 1.29 is 19.1 Å². The first-order chi connectivity index (χ1) is 14.5. The van der Waals surface area contributed by atoms with E-state index in [0.717, 1.165) is 22.3 Å². The van der Waals surface area contributed by atoms with Gasteiger partial charge in [0.2, 0.25) is 0 Å². The van der Waals surface area contributed by atoms with E-state index in [1.54, 1.807) is 0 Å². The lowest BCUT2D eigenvalue weighted by Gasteiger charge is -2.26. The molecule has 0 saturated heterocycles. The average Bonchev–Trinajstić information content (AvgIpc) is 3.02. The van der Waals surface area contributed by atoms with E-state index >= 15 is 0 Å². The molecule has 0 amide bonds. The van der Waals surface area contributed by atoms with Crippen LogP contribution in [-0.4, -0.2) is 25.2 Å². The highest BCUT2D eigenvalue weighted by Gasteiger charge is 2.40. The Labute approximate surface area is 186 Å². The maximum absolute atomic E-state index is 13.3. The molecule has 1 unspecified atom stereocenters. The quantitative estimate of drug-likeness (QED) is 0.537. The highest BCUT2D eigenvalue weighted by molar-refractivity contribution is 5.86. The maximum Gasteiger partial charge on any atom is 0.310 e. The molecular formula is C27H34O4. The number of fused-ring (bicyclic) bond motifs is 3. The van der Waals surface area contributed by atoms with Crippen molar-refractivity contribution in [1.82, 2.24) is 0 Å². The Kier molecular flexibility index (Phi) is 6.59. The highest BCUT2D eigenvalue weighted by atomic mass is 16.5. The normalized spacial score (nSPS) is 14.5. The van der Waals surface area contributed by atoms with Crippen LogP contribution in [0.25, 0.3) is 11.1 Å². The fourth-order valence-corrected chi connectivity index (χ4v) is 3.90. The zero-order valence-corrected chi connectivity index (χ0v) is 19.5. The molecule has 1 atom stereocenters. The van der Waals surface area contributed by atoms with Crippen molar-refractivity contribution in [2.24, 2.45) is 16.7 Å². The first-order valence-corrected chi connectivity index (χ1v) is 11.0. The van der Waals surface area contributed by atoms with Crippen LogP contribution >= 0.6 is 0 Å². The van der Waals surface area contributed by atoms with E-state index in [4.69, 9.17) is 9.47 Å². The predicted octanol–water partition coefficient (Wildman–Crippen LogP) is 5.98. The van der Waals surface area contributed by atoms with E-state index < -0.39 is 5.92 Å². The van der Waals surface area contributed by atoms with Crippen LogP contribution in [0.5, 0.6) is 0 Å². The van der Waals surface area contributed by atoms with Crippen molar-refractivity contribution in [1.29, 1.82) is 0 Å². The van der Waals surface area contributed by atoms with Gasteiger partial charge in [0, 0.05) is 5.92 Å². The first kappa shape index (κ1) is 23.1. The largest absolute Gasteiger partial charge is 0.465 e. The van der Waals surface area contributed by atoms with E-state index in [1.165, 1.54) is 0 Å². The van der Waals surface area contributed by atoms with Crippen molar-refractivity contribution in [3.63, 3.8) is 0 Å². The third-order valence-corrected chi connectivity index (χ3v) is 5.29. The van der Waals surface area contributed by atoms with Gasteiger partial charge in [-0.2, -0.15) is 0 Å². The summed E-state index contributed by atoms with van der Waals surface area (Å²) in [4.78, 5) is 26.1. The molecule has 2 aromatic rings. The summed E-state index contributed by atoms with van der Waals surface area (Å²) in [5, 5.41) is 0. The van der Waals surface area contributed by atoms with E-state index in [9.17, 15) is 9.59 Å². The van der Waals surface area contributed by atoms with Gasteiger partial charge >= 0.3 is 11.9 Å². The zero-order chi connectivity index (χ0) is 22.8. The maximum atomic E-state index is 13.3. The van der Waals surface area contributed by atoms with E-state index in [2.05, 4.69) is 12.1 Å². The number of hydrogen-bond acceptors (Lipinski definition) is 4. The lowest BCUT2D eigenvalue weighted by molar-refractivity contribution is -0.158. The van der Waals surface area contributed by atoms with Crippen molar-refractivity contribution in [2.45, 2.75) is 53.9 Å². The van der Waals surface area contributed by atoms with E-state index in [1.807, 2.05) is 77.9 Å². The summed E-state index contributed by atoms with van der Waals surface area (Å²) in [6.45, 7) is 12.7. The molecule has 0 radical (unpaired) electrons. The van der Waals surface area contributed by atoms with Crippen LogP contribution in [-0.2, 0) is 19.1 Å². The molecule has 2 aromatic carbocycles. The van der Waals surface area contributed by atoms with Gasteiger partial charge in [-0.05, 0) is 33.1 Å². The molecule has 3 rings (SSSR count). The molecule has 0 bridgehead atoms. The molecule has 1 aliphatic carbocycles. The summed E-state index contributed by atoms with van der Waals surface area (Å²) in [6.07, 6.45) is -0.00755. The van der Waals surface area contributed by atoms with Gasteiger partial charge < -0.3 is 9.47 Å².